The van der Waals surface area contributed by atoms with E-state index in [-0.39, 0.29) is 18.4 Å². The third-order valence-corrected chi connectivity index (χ3v) is 5.21. The first-order chi connectivity index (χ1) is 9.38. The summed E-state index contributed by atoms with van der Waals surface area (Å²) in [6.07, 6.45) is 0.489. The molecule has 0 aromatic carbocycles. The van der Waals surface area contributed by atoms with Crippen LogP contribution in [0.1, 0.15) is 31.2 Å². The number of thiophene rings is 1. The van der Waals surface area contributed by atoms with Gasteiger partial charge in [-0.3, -0.25) is 9.59 Å². The van der Waals surface area contributed by atoms with Gasteiger partial charge in [0.15, 0.2) is 0 Å². The maximum atomic E-state index is 12.4. The van der Waals surface area contributed by atoms with Crippen LogP contribution in [0.3, 0.4) is 0 Å². The SMILES string of the molecule is CC(C)C1(C(=O)O)CCN(C(=O)C(N)c2cccs2)C1. The van der Waals surface area contributed by atoms with Gasteiger partial charge in [0.05, 0.1) is 5.41 Å². The molecule has 1 saturated heterocycles. The second-order valence-corrected chi connectivity index (χ2v) is 6.60. The Morgan fingerprint density at radius 3 is 2.65 bits per heavy atom. The number of hydrogen-bond donors (Lipinski definition) is 2. The Kier molecular flexibility index (Phi) is 4.15. The molecule has 5 nitrogen and oxygen atoms in total. The summed E-state index contributed by atoms with van der Waals surface area (Å²) in [5.41, 5.74) is 5.13. The summed E-state index contributed by atoms with van der Waals surface area (Å²) in [6, 6.07) is 3.00. The minimum Gasteiger partial charge on any atom is -0.481 e. The van der Waals surface area contributed by atoms with Gasteiger partial charge >= 0.3 is 5.97 Å². The molecule has 110 valence electrons. The van der Waals surface area contributed by atoms with E-state index < -0.39 is 17.4 Å². The minimum absolute atomic E-state index is 0.0178. The van der Waals surface area contributed by atoms with Crippen LogP contribution in [0.5, 0.6) is 0 Å². The van der Waals surface area contributed by atoms with Crippen molar-refractivity contribution in [1.29, 1.82) is 0 Å². The summed E-state index contributed by atoms with van der Waals surface area (Å²) >= 11 is 1.44. The fourth-order valence-electron chi connectivity index (χ4n) is 2.70. The molecule has 2 rings (SSSR count). The van der Waals surface area contributed by atoms with Gasteiger partial charge in [0.2, 0.25) is 5.91 Å². The van der Waals surface area contributed by atoms with Crippen LogP contribution in [0.15, 0.2) is 17.5 Å². The van der Waals surface area contributed by atoms with Gasteiger partial charge < -0.3 is 15.7 Å². The summed E-state index contributed by atoms with van der Waals surface area (Å²) < 4.78 is 0. The number of nitrogens with two attached hydrogens (primary N) is 1. The fraction of sp³-hybridized carbons (Fsp3) is 0.571. The van der Waals surface area contributed by atoms with Gasteiger partial charge in [0.1, 0.15) is 6.04 Å². The van der Waals surface area contributed by atoms with E-state index >= 15 is 0 Å². The van der Waals surface area contributed by atoms with Gasteiger partial charge in [0.25, 0.3) is 0 Å². The molecule has 1 aliphatic heterocycles. The van der Waals surface area contributed by atoms with Crippen molar-refractivity contribution in [3.8, 4) is 0 Å². The fourth-order valence-corrected chi connectivity index (χ4v) is 3.42. The number of carbonyl (C=O) groups is 2. The number of amides is 1. The number of rotatable bonds is 4. The molecule has 6 heteroatoms. The maximum Gasteiger partial charge on any atom is 0.311 e. The third-order valence-electron chi connectivity index (χ3n) is 4.26. The van der Waals surface area contributed by atoms with Crippen LogP contribution in [0, 0.1) is 11.3 Å². The monoisotopic (exact) mass is 296 g/mol. The Labute approximate surface area is 122 Å². The molecular weight excluding hydrogens is 276 g/mol. The van der Waals surface area contributed by atoms with Crippen molar-refractivity contribution in [2.24, 2.45) is 17.1 Å². The summed E-state index contributed by atoms with van der Waals surface area (Å²) in [6.45, 7) is 4.49. The van der Waals surface area contributed by atoms with Crippen molar-refractivity contribution in [3.05, 3.63) is 22.4 Å². The molecule has 3 N–H and O–H groups in total. The second kappa shape index (κ2) is 5.54. The van der Waals surface area contributed by atoms with E-state index in [4.69, 9.17) is 5.73 Å². The van der Waals surface area contributed by atoms with Crippen LogP contribution in [-0.2, 0) is 9.59 Å². The van der Waals surface area contributed by atoms with Crippen molar-refractivity contribution in [2.75, 3.05) is 13.1 Å². The van der Waals surface area contributed by atoms with Crippen molar-refractivity contribution in [1.82, 2.24) is 4.90 Å². The number of carboxylic acid groups (broad SMARTS) is 1. The summed E-state index contributed by atoms with van der Waals surface area (Å²) in [5.74, 6) is -1.03. The zero-order valence-corrected chi connectivity index (χ0v) is 12.5. The smallest absolute Gasteiger partial charge is 0.311 e. The summed E-state index contributed by atoms with van der Waals surface area (Å²) in [7, 11) is 0. The first-order valence-electron chi connectivity index (χ1n) is 6.69. The average molecular weight is 296 g/mol. The van der Waals surface area contributed by atoms with Crippen molar-refractivity contribution >= 4 is 23.2 Å². The quantitative estimate of drug-likeness (QED) is 0.886. The lowest BCUT2D eigenvalue weighted by Gasteiger charge is -2.29. The minimum atomic E-state index is -0.842. The topological polar surface area (TPSA) is 83.6 Å². The lowest BCUT2D eigenvalue weighted by Crippen LogP contribution is -2.42. The number of carbonyl (C=O) groups excluding carboxylic acids is 1. The highest BCUT2D eigenvalue weighted by Crippen LogP contribution is 2.39. The lowest BCUT2D eigenvalue weighted by molar-refractivity contribution is -0.151. The van der Waals surface area contributed by atoms with E-state index in [2.05, 4.69) is 0 Å². The zero-order chi connectivity index (χ0) is 14.9. The van der Waals surface area contributed by atoms with Crippen molar-refractivity contribution in [3.63, 3.8) is 0 Å². The van der Waals surface area contributed by atoms with E-state index in [1.54, 1.807) is 4.90 Å². The zero-order valence-electron chi connectivity index (χ0n) is 11.7. The Morgan fingerprint density at radius 1 is 1.50 bits per heavy atom. The molecule has 1 aromatic heterocycles. The molecule has 0 radical (unpaired) electrons. The maximum absolute atomic E-state index is 12.4. The van der Waals surface area contributed by atoms with Gasteiger partial charge in [-0.15, -0.1) is 11.3 Å². The van der Waals surface area contributed by atoms with Crippen LogP contribution in [0.2, 0.25) is 0 Å². The Balaban J connectivity index is 2.13. The molecule has 1 fully saturated rings. The largest absolute Gasteiger partial charge is 0.481 e. The van der Waals surface area contributed by atoms with Gasteiger partial charge in [-0.05, 0) is 23.8 Å². The molecule has 1 aliphatic rings. The molecule has 2 atom stereocenters. The van der Waals surface area contributed by atoms with Gasteiger partial charge in [-0.25, -0.2) is 0 Å². The molecule has 20 heavy (non-hydrogen) atoms. The number of carboxylic acids is 1. The first-order valence-corrected chi connectivity index (χ1v) is 7.57. The highest BCUT2D eigenvalue weighted by molar-refractivity contribution is 7.10. The molecule has 0 bridgehead atoms. The number of aliphatic carboxylic acids is 1. The normalized spacial score (nSPS) is 24.1. The molecule has 0 aliphatic carbocycles. The molecule has 0 spiro atoms. The second-order valence-electron chi connectivity index (χ2n) is 5.62. The van der Waals surface area contributed by atoms with Crippen molar-refractivity contribution in [2.45, 2.75) is 26.3 Å². The van der Waals surface area contributed by atoms with Crippen molar-refractivity contribution < 1.29 is 14.7 Å². The summed E-state index contributed by atoms with van der Waals surface area (Å²) in [5, 5.41) is 11.4. The highest BCUT2D eigenvalue weighted by Gasteiger charge is 2.49. The number of hydrogen-bond acceptors (Lipinski definition) is 4. The Morgan fingerprint density at radius 2 is 2.20 bits per heavy atom. The highest BCUT2D eigenvalue weighted by atomic mass is 32.1. The molecule has 1 amide bonds. The van der Waals surface area contributed by atoms with Crippen LogP contribution in [0.25, 0.3) is 0 Å². The molecule has 0 saturated carbocycles. The Hall–Kier alpha value is -1.40. The van der Waals surface area contributed by atoms with Crippen LogP contribution < -0.4 is 5.73 Å². The molecule has 2 unspecified atom stereocenters. The molecule has 1 aromatic rings. The number of nitrogens with zero attached hydrogens (tertiary/aromatic N) is 1. The van der Waals surface area contributed by atoms with Crippen LogP contribution in [-0.4, -0.2) is 35.0 Å². The van der Waals surface area contributed by atoms with E-state index in [1.807, 2.05) is 31.4 Å². The summed E-state index contributed by atoms with van der Waals surface area (Å²) in [4.78, 5) is 26.4. The van der Waals surface area contributed by atoms with E-state index in [0.29, 0.717) is 13.0 Å². The van der Waals surface area contributed by atoms with E-state index in [1.165, 1.54) is 11.3 Å². The molecular formula is C14H20N2O3S. The third kappa shape index (κ3) is 2.45. The first kappa shape index (κ1) is 15.0. The van der Waals surface area contributed by atoms with Gasteiger partial charge in [-0.1, -0.05) is 19.9 Å². The lowest BCUT2D eigenvalue weighted by atomic mass is 9.76. The van der Waals surface area contributed by atoms with E-state index in [0.717, 1.165) is 4.88 Å². The molecule has 2 heterocycles. The van der Waals surface area contributed by atoms with Gasteiger partial charge in [-0.2, -0.15) is 0 Å². The predicted molar refractivity (Wildman–Crippen MR) is 77.4 cm³/mol. The van der Waals surface area contributed by atoms with E-state index in [9.17, 15) is 14.7 Å². The number of likely N-dealkylation sites (tertiary alicyclic amines) is 1. The standard InChI is InChI=1S/C14H20N2O3S/c1-9(2)14(13(18)19)5-6-16(8-14)12(17)11(15)10-4-3-7-20-10/h3-4,7,9,11H,5-6,8,15H2,1-2H3,(H,18,19). The predicted octanol–water partition coefficient (Wildman–Crippen LogP) is 1.71. The van der Waals surface area contributed by atoms with Crippen LogP contribution >= 0.6 is 11.3 Å². The average Bonchev–Trinajstić information content (AvgIpc) is 3.06. The van der Waals surface area contributed by atoms with Crippen LogP contribution in [0.4, 0.5) is 0 Å². The Bertz CT molecular complexity index is 501. The van der Waals surface area contributed by atoms with Gasteiger partial charge in [0, 0.05) is 18.0 Å².